The highest BCUT2D eigenvalue weighted by atomic mass is 79.9. The molecule has 0 radical (unpaired) electrons. The van der Waals surface area contributed by atoms with E-state index < -0.39 is 11.9 Å². The first-order valence-corrected chi connectivity index (χ1v) is 9.47. The number of rotatable bonds is 5. The molecular formula is C20H15BrClNO5. The van der Waals surface area contributed by atoms with Crippen LogP contribution in [0.5, 0.6) is 11.5 Å². The number of esters is 2. The van der Waals surface area contributed by atoms with Gasteiger partial charge in [-0.3, -0.25) is 4.79 Å². The van der Waals surface area contributed by atoms with Crippen molar-refractivity contribution in [2.24, 2.45) is 4.99 Å². The summed E-state index contributed by atoms with van der Waals surface area (Å²) in [5.74, 6) is -0.228. The van der Waals surface area contributed by atoms with E-state index in [1.165, 1.54) is 6.92 Å². The summed E-state index contributed by atoms with van der Waals surface area (Å²) in [5, 5.41) is 0.514. The van der Waals surface area contributed by atoms with Crippen LogP contribution in [0.2, 0.25) is 5.02 Å². The highest BCUT2D eigenvalue weighted by molar-refractivity contribution is 9.10. The molecule has 0 fully saturated rings. The monoisotopic (exact) mass is 463 g/mol. The lowest BCUT2D eigenvalue weighted by atomic mass is 10.1. The van der Waals surface area contributed by atoms with Gasteiger partial charge in [0.2, 0.25) is 5.90 Å². The second-order valence-electron chi connectivity index (χ2n) is 5.70. The smallest absolute Gasteiger partial charge is 0.363 e. The lowest BCUT2D eigenvalue weighted by molar-refractivity contribution is -0.132. The predicted molar refractivity (Wildman–Crippen MR) is 109 cm³/mol. The van der Waals surface area contributed by atoms with Crippen LogP contribution in [0, 0.1) is 0 Å². The summed E-state index contributed by atoms with van der Waals surface area (Å²) < 4.78 is 16.5. The molecule has 0 saturated carbocycles. The number of nitrogens with zero attached hydrogens (tertiary/aromatic N) is 1. The zero-order valence-electron chi connectivity index (χ0n) is 15.0. The molecule has 0 unspecified atom stereocenters. The minimum atomic E-state index is -0.576. The van der Waals surface area contributed by atoms with Gasteiger partial charge < -0.3 is 14.2 Å². The van der Waals surface area contributed by atoms with Gasteiger partial charge in [0.1, 0.15) is 0 Å². The molecule has 2 aromatic rings. The molecule has 28 heavy (non-hydrogen) atoms. The van der Waals surface area contributed by atoms with Gasteiger partial charge in [0.05, 0.1) is 11.1 Å². The Kier molecular flexibility index (Phi) is 6.16. The molecule has 1 aliphatic rings. The Morgan fingerprint density at radius 1 is 1.32 bits per heavy atom. The molecule has 0 saturated heterocycles. The van der Waals surface area contributed by atoms with E-state index in [2.05, 4.69) is 20.9 Å². The number of hydrogen-bond acceptors (Lipinski definition) is 6. The van der Waals surface area contributed by atoms with Gasteiger partial charge in [0.25, 0.3) is 0 Å². The molecule has 1 aliphatic heterocycles. The fourth-order valence-corrected chi connectivity index (χ4v) is 3.22. The van der Waals surface area contributed by atoms with Crippen molar-refractivity contribution in [1.29, 1.82) is 0 Å². The van der Waals surface area contributed by atoms with E-state index in [1.54, 1.807) is 42.5 Å². The highest BCUT2D eigenvalue weighted by Gasteiger charge is 2.24. The summed E-state index contributed by atoms with van der Waals surface area (Å²) >= 11 is 9.34. The molecule has 2 aromatic carbocycles. The minimum Gasteiger partial charge on any atom is -0.490 e. The second kappa shape index (κ2) is 8.58. The van der Waals surface area contributed by atoms with E-state index >= 15 is 0 Å². The van der Waals surface area contributed by atoms with Gasteiger partial charge in [-0.05, 0) is 64.8 Å². The van der Waals surface area contributed by atoms with Crippen molar-refractivity contribution in [3.63, 3.8) is 0 Å². The third-order valence-corrected chi connectivity index (χ3v) is 4.40. The van der Waals surface area contributed by atoms with Crippen LogP contribution in [-0.4, -0.2) is 24.4 Å². The van der Waals surface area contributed by atoms with Gasteiger partial charge in [-0.2, -0.15) is 0 Å². The summed E-state index contributed by atoms with van der Waals surface area (Å²) in [4.78, 5) is 27.8. The summed E-state index contributed by atoms with van der Waals surface area (Å²) in [6.07, 6.45) is 1.56. The van der Waals surface area contributed by atoms with E-state index in [-0.39, 0.29) is 17.3 Å². The topological polar surface area (TPSA) is 74.2 Å². The van der Waals surface area contributed by atoms with Gasteiger partial charge in [-0.1, -0.05) is 17.7 Å². The number of hydrogen-bond donors (Lipinski definition) is 0. The molecule has 0 atom stereocenters. The second-order valence-corrected chi connectivity index (χ2v) is 6.99. The fraction of sp³-hybridized carbons (Fsp3) is 0.150. The van der Waals surface area contributed by atoms with Crippen LogP contribution < -0.4 is 9.47 Å². The Hall–Kier alpha value is -2.64. The van der Waals surface area contributed by atoms with Crippen LogP contribution in [0.1, 0.15) is 25.0 Å². The van der Waals surface area contributed by atoms with Crippen LogP contribution in [0.4, 0.5) is 0 Å². The number of aliphatic imine (C=N–C) groups is 1. The molecule has 1 heterocycles. The van der Waals surface area contributed by atoms with Crippen molar-refractivity contribution in [2.45, 2.75) is 13.8 Å². The molecule has 0 aromatic heterocycles. The number of carbonyl (C=O) groups is 2. The number of halogens is 2. The first-order chi connectivity index (χ1) is 13.4. The summed E-state index contributed by atoms with van der Waals surface area (Å²) in [6, 6.07) is 10.2. The summed E-state index contributed by atoms with van der Waals surface area (Å²) in [6.45, 7) is 3.49. The first kappa shape index (κ1) is 20.1. The van der Waals surface area contributed by atoms with E-state index in [1.807, 2.05) is 6.92 Å². The van der Waals surface area contributed by atoms with E-state index in [9.17, 15) is 9.59 Å². The van der Waals surface area contributed by atoms with Gasteiger partial charge in [0.15, 0.2) is 17.2 Å². The number of carbonyl (C=O) groups excluding carboxylic acids is 2. The predicted octanol–water partition coefficient (Wildman–Crippen LogP) is 4.77. The van der Waals surface area contributed by atoms with Gasteiger partial charge in [0, 0.05) is 17.5 Å². The Labute approximate surface area is 174 Å². The normalized spacial score (nSPS) is 14.6. The van der Waals surface area contributed by atoms with Crippen LogP contribution in [-0.2, 0) is 14.3 Å². The maximum absolute atomic E-state index is 12.2. The number of benzene rings is 2. The zero-order valence-corrected chi connectivity index (χ0v) is 17.3. The Morgan fingerprint density at radius 2 is 2.11 bits per heavy atom. The third-order valence-electron chi connectivity index (χ3n) is 3.57. The molecular weight excluding hydrogens is 450 g/mol. The molecule has 0 aliphatic carbocycles. The average molecular weight is 465 g/mol. The van der Waals surface area contributed by atoms with Crippen molar-refractivity contribution in [3.8, 4) is 11.5 Å². The molecule has 144 valence electrons. The molecule has 0 bridgehead atoms. The molecule has 0 amide bonds. The van der Waals surface area contributed by atoms with Gasteiger partial charge in [-0.15, -0.1) is 0 Å². The third kappa shape index (κ3) is 4.61. The van der Waals surface area contributed by atoms with Crippen molar-refractivity contribution in [1.82, 2.24) is 0 Å². The highest BCUT2D eigenvalue weighted by Crippen LogP contribution is 2.38. The molecule has 0 spiro atoms. The lowest BCUT2D eigenvalue weighted by Gasteiger charge is -2.12. The van der Waals surface area contributed by atoms with Crippen LogP contribution >= 0.6 is 27.5 Å². The molecule has 3 rings (SSSR count). The Balaban J connectivity index is 1.98. The van der Waals surface area contributed by atoms with Crippen molar-refractivity contribution in [2.75, 3.05) is 6.61 Å². The van der Waals surface area contributed by atoms with Crippen LogP contribution in [0.25, 0.3) is 6.08 Å². The van der Waals surface area contributed by atoms with Gasteiger partial charge >= 0.3 is 11.9 Å². The molecule has 0 N–H and O–H groups in total. The standard InChI is InChI=1S/C20H15BrClNO5/c1-3-26-17-9-12(7-15(21)18(17)27-11(2)24)8-16-20(25)28-19(23-16)13-5-4-6-14(22)10-13/h4-10H,3H2,1-2H3. The number of cyclic esters (lactones) is 1. The van der Waals surface area contributed by atoms with E-state index in [0.29, 0.717) is 33.0 Å². The van der Waals surface area contributed by atoms with Crippen LogP contribution in [0.3, 0.4) is 0 Å². The quantitative estimate of drug-likeness (QED) is 0.362. The molecule has 8 heteroatoms. The van der Waals surface area contributed by atoms with E-state index in [4.69, 9.17) is 25.8 Å². The van der Waals surface area contributed by atoms with Crippen LogP contribution in [0.15, 0.2) is 51.6 Å². The SMILES string of the molecule is CCOc1cc(C=C2N=C(c3cccc(Cl)c3)OC2=O)cc(Br)c1OC(C)=O. The van der Waals surface area contributed by atoms with Gasteiger partial charge in [-0.25, -0.2) is 9.79 Å². The first-order valence-electron chi connectivity index (χ1n) is 8.30. The van der Waals surface area contributed by atoms with Crippen molar-refractivity contribution >= 4 is 51.4 Å². The lowest BCUT2D eigenvalue weighted by Crippen LogP contribution is -2.06. The minimum absolute atomic E-state index is 0.129. The zero-order chi connectivity index (χ0) is 20.3. The summed E-state index contributed by atoms with van der Waals surface area (Å²) in [7, 11) is 0. The van der Waals surface area contributed by atoms with Crippen molar-refractivity contribution in [3.05, 3.63) is 62.7 Å². The van der Waals surface area contributed by atoms with E-state index in [0.717, 1.165) is 0 Å². The summed E-state index contributed by atoms with van der Waals surface area (Å²) in [5.41, 5.74) is 1.35. The Bertz CT molecular complexity index is 1020. The maximum Gasteiger partial charge on any atom is 0.363 e. The van der Waals surface area contributed by atoms with Crippen molar-refractivity contribution < 1.29 is 23.8 Å². The largest absolute Gasteiger partial charge is 0.490 e. The molecule has 6 nitrogen and oxygen atoms in total. The fourth-order valence-electron chi connectivity index (χ4n) is 2.49. The average Bonchev–Trinajstić information content (AvgIpc) is 2.99. The maximum atomic E-state index is 12.2. The number of ether oxygens (including phenoxy) is 3. The Morgan fingerprint density at radius 3 is 2.79 bits per heavy atom.